The Kier molecular flexibility index (Phi) is 3.85. The third-order valence-corrected chi connectivity index (χ3v) is 2.50. The molecule has 0 radical (unpaired) electrons. The molecule has 0 aliphatic carbocycles. The molecule has 0 unspecified atom stereocenters. The maximum atomic E-state index is 11.0. The maximum absolute atomic E-state index is 11.0. The molecule has 0 saturated heterocycles. The molecular formula is C14H16N2O3. The van der Waals surface area contributed by atoms with Crippen molar-refractivity contribution in [3.05, 3.63) is 40.7 Å². The van der Waals surface area contributed by atoms with Crippen molar-refractivity contribution in [2.75, 3.05) is 7.11 Å². The van der Waals surface area contributed by atoms with Crippen LogP contribution in [0.5, 0.6) is 11.5 Å². The van der Waals surface area contributed by atoms with Gasteiger partial charge in [0.2, 0.25) is 0 Å². The van der Waals surface area contributed by atoms with Crippen LogP contribution in [0.25, 0.3) is 11.3 Å². The van der Waals surface area contributed by atoms with Crippen LogP contribution in [-0.2, 0) is 0 Å². The summed E-state index contributed by atoms with van der Waals surface area (Å²) < 4.78 is 11.0. The van der Waals surface area contributed by atoms with Gasteiger partial charge in [0.05, 0.1) is 18.9 Å². The van der Waals surface area contributed by atoms with E-state index in [1.54, 1.807) is 13.2 Å². The number of benzene rings is 1. The molecule has 1 N–H and O–H groups in total. The van der Waals surface area contributed by atoms with Crippen molar-refractivity contribution in [3.8, 4) is 22.8 Å². The zero-order chi connectivity index (χ0) is 13.8. The SMILES string of the molecule is COc1ccc(-c2ccc(=O)[nH]n2)cc1OC(C)C. The Hall–Kier alpha value is -2.30. The number of rotatable bonds is 4. The molecule has 0 bridgehead atoms. The predicted molar refractivity (Wildman–Crippen MR) is 72.6 cm³/mol. The van der Waals surface area contributed by atoms with E-state index < -0.39 is 0 Å². The highest BCUT2D eigenvalue weighted by atomic mass is 16.5. The number of nitrogens with one attached hydrogen (secondary N) is 1. The Morgan fingerprint density at radius 2 is 1.95 bits per heavy atom. The van der Waals surface area contributed by atoms with Gasteiger partial charge in [-0.15, -0.1) is 0 Å². The molecule has 0 spiro atoms. The summed E-state index contributed by atoms with van der Waals surface area (Å²) in [5, 5.41) is 6.40. The molecule has 0 aliphatic rings. The standard InChI is InChI=1S/C14H16N2O3/c1-9(2)19-13-8-10(4-6-12(13)18-3)11-5-7-14(17)16-15-11/h4-9H,1-3H3,(H,16,17). The van der Waals surface area contributed by atoms with Gasteiger partial charge in [-0.05, 0) is 38.1 Å². The lowest BCUT2D eigenvalue weighted by Crippen LogP contribution is -2.07. The molecule has 0 saturated carbocycles. The molecule has 0 atom stereocenters. The molecule has 0 fully saturated rings. The minimum Gasteiger partial charge on any atom is -0.493 e. The van der Waals surface area contributed by atoms with Crippen LogP contribution in [0.4, 0.5) is 0 Å². The van der Waals surface area contributed by atoms with E-state index in [9.17, 15) is 4.79 Å². The Bertz CT molecular complexity index is 600. The van der Waals surface area contributed by atoms with E-state index in [4.69, 9.17) is 9.47 Å². The van der Waals surface area contributed by atoms with Crippen molar-refractivity contribution < 1.29 is 9.47 Å². The maximum Gasteiger partial charge on any atom is 0.264 e. The second-order valence-corrected chi connectivity index (χ2v) is 4.34. The second-order valence-electron chi connectivity index (χ2n) is 4.34. The Morgan fingerprint density at radius 1 is 1.16 bits per heavy atom. The number of methoxy groups -OCH3 is 1. The monoisotopic (exact) mass is 260 g/mol. The third kappa shape index (κ3) is 3.13. The van der Waals surface area contributed by atoms with Gasteiger partial charge in [0.15, 0.2) is 11.5 Å². The Balaban J connectivity index is 2.42. The molecule has 0 amide bonds. The van der Waals surface area contributed by atoms with Crippen LogP contribution in [0.2, 0.25) is 0 Å². The largest absolute Gasteiger partial charge is 0.493 e. The molecule has 2 rings (SSSR count). The Labute approximate surface area is 111 Å². The van der Waals surface area contributed by atoms with Crippen molar-refractivity contribution in [3.63, 3.8) is 0 Å². The van der Waals surface area contributed by atoms with Gasteiger partial charge < -0.3 is 9.47 Å². The highest BCUT2D eigenvalue weighted by Crippen LogP contribution is 2.32. The number of hydrogen-bond donors (Lipinski definition) is 1. The highest BCUT2D eigenvalue weighted by Gasteiger charge is 2.09. The fraction of sp³-hybridized carbons (Fsp3) is 0.286. The lowest BCUT2D eigenvalue weighted by atomic mass is 10.1. The first-order chi connectivity index (χ1) is 9.10. The van der Waals surface area contributed by atoms with Gasteiger partial charge in [0.1, 0.15) is 0 Å². The lowest BCUT2D eigenvalue weighted by Gasteiger charge is -2.14. The number of H-pyrrole nitrogens is 1. The van der Waals surface area contributed by atoms with Gasteiger partial charge in [-0.3, -0.25) is 4.79 Å². The summed E-state index contributed by atoms with van der Waals surface area (Å²) in [5.41, 5.74) is 1.31. The summed E-state index contributed by atoms with van der Waals surface area (Å²) in [4.78, 5) is 11.0. The van der Waals surface area contributed by atoms with E-state index in [0.717, 1.165) is 5.56 Å². The summed E-state index contributed by atoms with van der Waals surface area (Å²) in [6, 6.07) is 8.64. The van der Waals surface area contributed by atoms with E-state index >= 15 is 0 Å². The molecular weight excluding hydrogens is 244 g/mol. The molecule has 5 heteroatoms. The van der Waals surface area contributed by atoms with Crippen molar-refractivity contribution in [2.45, 2.75) is 20.0 Å². The summed E-state index contributed by atoms with van der Waals surface area (Å²) >= 11 is 0. The molecule has 2 aromatic rings. The third-order valence-electron chi connectivity index (χ3n) is 2.50. The van der Waals surface area contributed by atoms with Crippen molar-refractivity contribution >= 4 is 0 Å². The predicted octanol–water partition coefficient (Wildman–Crippen LogP) is 2.23. The van der Waals surface area contributed by atoms with Crippen molar-refractivity contribution in [1.82, 2.24) is 10.2 Å². The van der Waals surface area contributed by atoms with Crippen molar-refractivity contribution in [1.29, 1.82) is 0 Å². The topological polar surface area (TPSA) is 64.2 Å². The van der Waals surface area contributed by atoms with E-state index in [2.05, 4.69) is 10.2 Å². The smallest absolute Gasteiger partial charge is 0.264 e. The van der Waals surface area contributed by atoms with Gasteiger partial charge in [-0.25, -0.2) is 5.10 Å². The normalized spacial score (nSPS) is 10.5. The summed E-state index contributed by atoms with van der Waals surface area (Å²) in [7, 11) is 1.60. The summed E-state index contributed by atoms with van der Waals surface area (Å²) in [5.74, 6) is 1.32. The Morgan fingerprint density at radius 3 is 2.53 bits per heavy atom. The van der Waals surface area contributed by atoms with Crippen LogP contribution in [0, 0.1) is 0 Å². The van der Waals surface area contributed by atoms with Gasteiger partial charge in [-0.1, -0.05) is 0 Å². The van der Waals surface area contributed by atoms with E-state index in [0.29, 0.717) is 17.2 Å². The molecule has 1 aromatic heterocycles. The summed E-state index contributed by atoms with van der Waals surface area (Å²) in [6.07, 6.45) is 0.0488. The van der Waals surface area contributed by atoms with E-state index in [1.165, 1.54) is 6.07 Å². The average Bonchev–Trinajstić information content (AvgIpc) is 2.39. The van der Waals surface area contributed by atoms with Crippen LogP contribution in [0.1, 0.15) is 13.8 Å². The zero-order valence-electron chi connectivity index (χ0n) is 11.1. The van der Waals surface area contributed by atoms with Crippen LogP contribution in [-0.4, -0.2) is 23.4 Å². The van der Waals surface area contributed by atoms with Crippen molar-refractivity contribution in [2.24, 2.45) is 0 Å². The van der Waals surface area contributed by atoms with Crippen LogP contribution < -0.4 is 15.0 Å². The zero-order valence-corrected chi connectivity index (χ0v) is 11.1. The van der Waals surface area contributed by atoms with Gasteiger partial charge >= 0.3 is 0 Å². The first kappa shape index (κ1) is 13.1. The van der Waals surface area contributed by atoms with Gasteiger partial charge in [-0.2, -0.15) is 5.10 Å². The van der Waals surface area contributed by atoms with E-state index in [1.807, 2.05) is 32.0 Å². The van der Waals surface area contributed by atoms with Crippen LogP contribution in [0.15, 0.2) is 35.1 Å². The van der Waals surface area contributed by atoms with E-state index in [-0.39, 0.29) is 11.7 Å². The highest BCUT2D eigenvalue weighted by molar-refractivity contribution is 5.63. The molecule has 1 heterocycles. The minimum atomic E-state index is -0.226. The lowest BCUT2D eigenvalue weighted by molar-refractivity contribution is 0.230. The molecule has 1 aromatic carbocycles. The molecule has 19 heavy (non-hydrogen) atoms. The van der Waals surface area contributed by atoms with Crippen LogP contribution >= 0.6 is 0 Å². The number of hydrogen-bond acceptors (Lipinski definition) is 4. The number of nitrogens with zero attached hydrogens (tertiary/aromatic N) is 1. The first-order valence-electron chi connectivity index (χ1n) is 6.01. The molecule has 5 nitrogen and oxygen atoms in total. The average molecular weight is 260 g/mol. The summed E-state index contributed by atoms with van der Waals surface area (Å²) in [6.45, 7) is 3.90. The molecule has 0 aliphatic heterocycles. The van der Waals surface area contributed by atoms with Gasteiger partial charge in [0.25, 0.3) is 5.56 Å². The van der Waals surface area contributed by atoms with Crippen LogP contribution in [0.3, 0.4) is 0 Å². The first-order valence-corrected chi connectivity index (χ1v) is 6.01. The number of aromatic amines is 1. The van der Waals surface area contributed by atoms with Gasteiger partial charge in [0, 0.05) is 11.6 Å². The number of aromatic nitrogens is 2. The second kappa shape index (κ2) is 5.56. The quantitative estimate of drug-likeness (QED) is 0.915. The minimum absolute atomic E-state index is 0.0488. The fourth-order valence-corrected chi connectivity index (χ4v) is 1.69. The number of ether oxygens (including phenoxy) is 2. The fourth-order valence-electron chi connectivity index (χ4n) is 1.69. The molecule has 100 valence electrons.